The number of carbonyl (C=O) groups excluding carboxylic acids is 2. The monoisotopic (exact) mass is 402 g/mol. The fourth-order valence-corrected chi connectivity index (χ4v) is 3.52. The van der Waals surface area contributed by atoms with Gasteiger partial charge in [0.1, 0.15) is 0 Å². The van der Waals surface area contributed by atoms with Crippen molar-refractivity contribution in [2.45, 2.75) is 19.8 Å². The highest BCUT2D eigenvalue weighted by molar-refractivity contribution is 9.10. The van der Waals surface area contributed by atoms with E-state index in [9.17, 15) is 9.59 Å². The number of amides is 1. The normalized spacial score (nSPS) is 10.8. The van der Waals surface area contributed by atoms with Crippen LogP contribution in [0.15, 0.2) is 46.9 Å². The van der Waals surface area contributed by atoms with Gasteiger partial charge in [-0.2, -0.15) is 0 Å². The van der Waals surface area contributed by atoms with Crippen molar-refractivity contribution in [2.75, 3.05) is 5.32 Å². The Hall–Kier alpha value is -2.05. The van der Waals surface area contributed by atoms with Gasteiger partial charge in [-0.3, -0.25) is 9.59 Å². The zero-order valence-corrected chi connectivity index (χ0v) is 15.4. The van der Waals surface area contributed by atoms with E-state index in [4.69, 9.17) is 0 Å². The molecule has 0 unspecified atom stereocenters. The molecule has 2 aromatic carbocycles. The molecule has 4 nitrogen and oxygen atoms in total. The van der Waals surface area contributed by atoms with Crippen molar-refractivity contribution >= 4 is 54.3 Å². The minimum absolute atomic E-state index is 0.0439. The highest BCUT2D eigenvalue weighted by Gasteiger charge is 2.11. The lowest BCUT2D eigenvalue weighted by molar-refractivity contribution is -0.116. The number of nitrogens with one attached hydrogen (secondary N) is 1. The van der Waals surface area contributed by atoms with Crippen molar-refractivity contribution < 1.29 is 9.59 Å². The van der Waals surface area contributed by atoms with Gasteiger partial charge in [0.2, 0.25) is 5.91 Å². The molecular weight excluding hydrogens is 388 g/mol. The zero-order valence-electron chi connectivity index (χ0n) is 13.0. The Balaban J connectivity index is 1.58. The standard InChI is InChI=1S/C18H15BrN2O2S/c1-11-2-7-14-16(10-11)24-18(20-14)21-17(23)9-8-15(22)12-3-5-13(19)6-4-12/h2-7,10H,8-9H2,1H3,(H,20,21,23). The van der Waals surface area contributed by atoms with Gasteiger partial charge in [0.25, 0.3) is 0 Å². The third-order valence-electron chi connectivity index (χ3n) is 3.54. The molecule has 0 atom stereocenters. The molecule has 0 bridgehead atoms. The van der Waals surface area contributed by atoms with Crippen molar-refractivity contribution in [3.05, 3.63) is 58.1 Å². The summed E-state index contributed by atoms with van der Waals surface area (Å²) >= 11 is 4.77. The minimum atomic E-state index is -0.198. The molecule has 122 valence electrons. The lowest BCUT2D eigenvalue weighted by Gasteiger charge is -2.02. The second kappa shape index (κ2) is 7.23. The van der Waals surface area contributed by atoms with Crippen LogP contribution in [0.25, 0.3) is 10.2 Å². The third kappa shape index (κ3) is 4.07. The average Bonchev–Trinajstić information content (AvgIpc) is 2.94. The van der Waals surface area contributed by atoms with Gasteiger partial charge in [0, 0.05) is 22.9 Å². The van der Waals surface area contributed by atoms with Gasteiger partial charge in [-0.1, -0.05) is 45.5 Å². The fraction of sp³-hybridized carbons (Fsp3) is 0.167. The number of fused-ring (bicyclic) bond motifs is 1. The largest absolute Gasteiger partial charge is 0.302 e. The summed E-state index contributed by atoms with van der Waals surface area (Å²) in [6.45, 7) is 2.02. The number of thiazole rings is 1. The SMILES string of the molecule is Cc1ccc2nc(NC(=O)CCC(=O)c3ccc(Br)cc3)sc2c1. The molecule has 3 aromatic rings. The van der Waals surface area contributed by atoms with Crippen molar-refractivity contribution in [3.8, 4) is 0 Å². The minimum Gasteiger partial charge on any atom is -0.302 e. The molecule has 0 spiro atoms. The first-order chi connectivity index (χ1) is 11.5. The Labute approximate surface area is 152 Å². The van der Waals surface area contributed by atoms with Crippen molar-refractivity contribution in [3.63, 3.8) is 0 Å². The summed E-state index contributed by atoms with van der Waals surface area (Å²) in [4.78, 5) is 28.5. The summed E-state index contributed by atoms with van der Waals surface area (Å²) in [7, 11) is 0. The van der Waals surface area contributed by atoms with Gasteiger partial charge < -0.3 is 5.32 Å². The van der Waals surface area contributed by atoms with Crippen LogP contribution in [0.3, 0.4) is 0 Å². The highest BCUT2D eigenvalue weighted by Crippen LogP contribution is 2.26. The summed E-state index contributed by atoms with van der Waals surface area (Å²) < 4.78 is 1.96. The lowest BCUT2D eigenvalue weighted by atomic mass is 10.1. The van der Waals surface area contributed by atoms with Crippen LogP contribution < -0.4 is 5.32 Å². The number of ketones is 1. The third-order valence-corrected chi connectivity index (χ3v) is 5.00. The summed E-state index contributed by atoms with van der Waals surface area (Å²) in [5.74, 6) is -0.242. The van der Waals surface area contributed by atoms with E-state index in [1.165, 1.54) is 11.3 Å². The van der Waals surface area contributed by atoms with Crippen LogP contribution in [0.4, 0.5) is 5.13 Å². The maximum absolute atomic E-state index is 12.1. The van der Waals surface area contributed by atoms with E-state index in [2.05, 4.69) is 26.2 Å². The van der Waals surface area contributed by atoms with Gasteiger partial charge in [-0.05, 0) is 36.8 Å². The molecule has 1 amide bonds. The maximum atomic E-state index is 12.1. The number of carbonyl (C=O) groups is 2. The van der Waals surface area contributed by atoms with E-state index in [1.54, 1.807) is 12.1 Å². The van der Waals surface area contributed by atoms with E-state index >= 15 is 0 Å². The van der Waals surface area contributed by atoms with Gasteiger partial charge in [-0.15, -0.1) is 0 Å². The second-order valence-electron chi connectivity index (χ2n) is 5.47. The number of hydrogen-bond acceptors (Lipinski definition) is 4. The molecular formula is C18H15BrN2O2S. The molecule has 1 aromatic heterocycles. The number of aromatic nitrogens is 1. The van der Waals surface area contributed by atoms with E-state index in [-0.39, 0.29) is 24.5 Å². The molecule has 0 aliphatic heterocycles. The maximum Gasteiger partial charge on any atom is 0.226 e. The number of anilines is 1. The van der Waals surface area contributed by atoms with Crippen LogP contribution in [0.2, 0.25) is 0 Å². The highest BCUT2D eigenvalue weighted by atomic mass is 79.9. The molecule has 1 heterocycles. The number of nitrogens with zero attached hydrogens (tertiary/aromatic N) is 1. The molecule has 0 saturated heterocycles. The number of aryl methyl sites for hydroxylation is 1. The first-order valence-electron chi connectivity index (χ1n) is 7.47. The predicted octanol–water partition coefficient (Wildman–Crippen LogP) is 4.97. The molecule has 3 rings (SSSR count). The van der Waals surface area contributed by atoms with E-state index in [0.29, 0.717) is 10.7 Å². The Morgan fingerprint density at radius 1 is 1.12 bits per heavy atom. The summed E-state index contributed by atoms with van der Waals surface area (Å²) in [5.41, 5.74) is 2.64. The summed E-state index contributed by atoms with van der Waals surface area (Å²) in [5, 5.41) is 3.34. The fourth-order valence-electron chi connectivity index (χ4n) is 2.27. The molecule has 1 N–H and O–H groups in total. The number of rotatable bonds is 5. The van der Waals surface area contributed by atoms with Gasteiger partial charge in [0.15, 0.2) is 10.9 Å². The van der Waals surface area contributed by atoms with E-state index in [0.717, 1.165) is 20.3 Å². The predicted molar refractivity (Wildman–Crippen MR) is 101 cm³/mol. The van der Waals surface area contributed by atoms with Crippen molar-refractivity contribution in [1.29, 1.82) is 0 Å². The first kappa shape index (κ1) is 16.8. The van der Waals surface area contributed by atoms with Gasteiger partial charge in [-0.25, -0.2) is 4.98 Å². The van der Waals surface area contributed by atoms with E-state index in [1.807, 2.05) is 37.3 Å². The summed E-state index contributed by atoms with van der Waals surface area (Å²) in [6, 6.07) is 13.1. The molecule has 6 heteroatoms. The molecule has 0 aliphatic carbocycles. The smallest absolute Gasteiger partial charge is 0.226 e. The Morgan fingerprint density at radius 2 is 1.88 bits per heavy atom. The second-order valence-corrected chi connectivity index (χ2v) is 7.41. The van der Waals surface area contributed by atoms with Crippen LogP contribution >= 0.6 is 27.3 Å². The van der Waals surface area contributed by atoms with Crippen molar-refractivity contribution in [1.82, 2.24) is 4.98 Å². The van der Waals surface area contributed by atoms with Gasteiger partial charge in [0.05, 0.1) is 10.2 Å². The Bertz CT molecular complexity index is 903. The van der Waals surface area contributed by atoms with Crippen LogP contribution in [0, 0.1) is 6.92 Å². The van der Waals surface area contributed by atoms with Crippen LogP contribution in [-0.4, -0.2) is 16.7 Å². The molecule has 0 fully saturated rings. The molecule has 0 aliphatic rings. The first-order valence-corrected chi connectivity index (χ1v) is 9.08. The lowest BCUT2D eigenvalue weighted by Crippen LogP contribution is -2.13. The van der Waals surface area contributed by atoms with Crippen molar-refractivity contribution in [2.24, 2.45) is 0 Å². The van der Waals surface area contributed by atoms with Gasteiger partial charge >= 0.3 is 0 Å². The molecule has 0 radical (unpaired) electrons. The number of Topliss-reactive ketones (excluding diaryl/α,β-unsaturated/α-hetero) is 1. The molecule has 0 saturated carbocycles. The average molecular weight is 403 g/mol. The Morgan fingerprint density at radius 3 is 2.62 bits per heavy atom. The van der Waals surface area contributed by atoms with Crippen LogP contribution in [0.5, 0.6) is 0 Å². The van der Waals surface area contributed by atoms with E-state index < -0.39 is 0 Å². The zero-order chi connectivity index (χ0) is 17.1. The topological polar surface area (TPSA) is 59.1 Å². The van der Waals surface area contributed by atoms with Crippen LogP contribution in [-0.2, 0) is 4.79 Å². The molecule has 24 heavy (non-hydrogen) atoms. The van der Waals surface area contributed by atoms with Crippen LogP contribution in [0.1, 0.15) is 28.8 Å². The Kier molecular flexibility index (Phi) is 5.06. The number of hydrogen-bond donors (Lipinski definition) is 1. The summed E-state index contributed by atoms with van der Waals surface area (Å²) in [6.07, 6.45) is 0.321. The number of halogens is 1. The number of benzene rings is 2. The quantitative estimate of drug-likeness (QED) is 0.612.